The molecule has 0 aromatic heterocycles. The van der Waals surface area contributed by atoms with E-state index in [0.717, 1.165) is 17.3 Å². The highest BCUT2D eigenvalue weighted by molar-refractivity contribution is 9.10. The highest BCUT2D eigenvalue weighted by Gasteiger charge is 2.27. The van der Waals surface area contributed by atoms with Crippen molar-refractivity contribution in [1.29, 1.82) is 0 Å². The number of nitrogens with two attached hydrogens (primary N) is 1. The number of hydrogen-bond donors (Lipinski definition) is 1. The van der Waals surface area contributed by atoms with E-state index in [1.165, 1.54) is 12.5 Å². The molecule has 0 bridgehead atoms. The van der Waals surface area contributed by atoms with Gasteiger partial charge in [0.2, 0.25) is 0 Å². The van der Waals surface area contributed by atoms with E-state index in [1.54, 1.807) is 12.1 Å². The molecule has 1 aromatic rings. The van der Waals surface area contributed by atoms with Crippen LogP contribution in [-0.4, -0.2) is 0 Å². The van der Waals surface area contributed by atoms with Gasteiger partial charge in [-0.15, -0.1) is 0 Å². The molecular weight excluding hydrogens is 245 g/mol. The van der Waals surface area contributed by atoms with Gasteiger partial charge in [-0.3, -0.25) is 0 Å². The van der Waals surface area contributed by atoms with E-state index in [9.17, 15) is 4.39 Å². The summed E-state index contributed by atoms with van der Waals surface area (Å²) in [5.41, 5.74) is 6.65. The molecule has 0 spiro atoms. The normalized spacial score (nSPS) is 19.1. The van der Waals surface area contributed by atoms with Gasteiger partial charge in [0.15, 0.2) is 0 Å². The lowest BCUT2D eigenvalue weighted by Gasteiger charge is -2.31. The molecule has 1 aromatic carbocycles. The minimum Gasteiger partial charge on any atom is -0.324 e. The van der Waals surface area contributed by atoms with Gasteiger partial charge < -0.3 is 5.73 Å². The molecule has 1 atom stereocenters. The van der Waals surface area contributed by atoms with Gasteiger partial charge in [-0.1, -0.05) is 22.4 Å². The molecule has 14 heavy (non-hydrogen) atoms. The van der Waals surface area contributed by atoms with Crippen LogP contribution in [0.15, 0.2) is 22.7 Å². The first-order valence-corrected chi connectivity index (χ1v) is 5.68. The Bertz CT molecular complexity index is 336. The van der Waals surface area contributed by atoms with Crippen molar-refractivity contribution >= 4 is 15.9 Å². The molecule has 2 rings (SSSR count). The molecule has 0 heterocycles. The van der Waals surface area contributed by atoms with Gasteiger partial charge in [0.1, 0.15) is 5.82 Å². The van der Waals surface area contributed by atoms with Crippen molar-refractivity contribution in [2.45, 2.75) is 25.3 Å². The maximum Gasteiger partial charge on any atom is 0.128 e. The van der Waals surface area contributed by atoms with Crippen molar-refractivity contribution in [2.75, 3.05) is 0 Å². The third kappa shape index (κ3) is 1.84. The van der Waals surface area contributed by atoms with E-state index in [0.29, 0.717) is 11.5 Å². The van der Waals surface area contributed by atoms with Crippen LogP contribution in [0.5, 0.6) is 0 Å². The largest absolute Gasteiger partial charge is 0.324 e. The first-order valence-electron chi connectivity index (χ1n) is 4.89. The molecule has 1 saturated carbocycles. The fraction of sp³-hybridized carbons (Fsp3) is 0.455. The Morgan fingerprint density at radius 2 is 2.14 bits per heavy atom. The summed E-state index contributed by atoms with van der Waals surface area (Å²) in [4.78, 5) is 0. The molecule has 0 aliphatic heterocycles. The number of halogens is 2. The van der Waals surface area contributed by atoms with Crippen molar-refractivity contribution in [2.24, 2.45) is 11.7 Å². The van der Waals surface area contributed by atoms with Crippen LogP contribution in [0.4, 0.5) is 4.39 Å². The van der Waals surface area contributed by atoms with Gasteiger partial charge in [0.05, 0.1) is 0 Å². The quantitative estimate of drug-likeness (QED) is 0.864. The minimum absolute atomic E-state index is 0.138. The molecule has 1 aliphatic rings. The van der Waals surface area contributed by atoms with E-state index in [2.05, 4.69) is 15.9 Å². The van der Waals surface area contributed by atoms with Crippen LogP contribution in [0.3, 0.4) is 0 Å². The molecule has 0 saturated heterocycles. The molecule has 1 fully saturated rings. The summed E-state index contributed by atoms with van der Waals surface area (Å²) < 4.78 is 14.3. The maximum atomic E-state index is 13.4. The number of rotatable bonds is 2. The first-order chi connectivity index (χ1) is 6.68. The fourth-order valence-corrected chi connectivity index (χ4v) is 2.20. The van der Waals surface area contributed by atoms with E-state index >= 15 is 0 Å². The van der Waals surface area contributed by atoms with Gasteiger partial charge in [0.25, 0.3) is 0 Å². The van der Waals surface area contributed by atoms with Crippen LogP contribution in [-0.2, 0) is 0 Å². The lowest BCUT2D eigenvalue weighted by molar-refractivity contribution is 0.260. The zero-order valence-electron chi connectivity index (χ0n) is 7.84. The van der Waals surface area contributed by atoms with Gasteiger partial charge in [-0.05, 0) is 37.0 Å². The van der Waals surface area contributed by atoms with Gasteiger partial charge in [0, 0.05) is 16.1 Å². The van der Waals surface area contributed by atoms with Crippen molar-refractivity contribution in [1.82, 2.24) is 0 Å². The molecule has 1 nitrogen and oxygen atoms in total. The standard InChI is InChI=1S/C11H13BrFN/c12-8-4-5-10(13)9(6-8)11(14)7-2-1-3-7/h4-7,11H,1-3,14H2/t11-/m1/s1. The zero-order valence-corrected chi connectivity index (χ0v) is 9.43. The van der Waals surface area contributed by atoms with E-state index in [-0.39, 0.29) is 11.9 Å². The Hall–Kier alpha value is -0.410. The average molecular weight is 258 g/mol. The predicted octanol–water partition coefficient (Wildman–Crippen LogP) is 3.39. The Morgan fingerprint density at radius 3 is 2.71 bits per heavy atom. The Balaban J connectivity index is 2.24. The summed E-state index contributed by atoms with van der Waals surface area (Å²) in [6.45, 7) is 0. The summed E-state index contributed by atoms with van der Waals surface area (Å²) in [7, 11) is 0. The second kappa shape index (κ2) is 3.99. The first kappa shape index (κ1) is 10.1. The Morgan fingerprint density at radius 1 is 1.43 bits per heavy atom. The van der Waals surface area contributed by atoms with Crippen LogP contribution in [0.1, 0.15) is 30.9 Å². The molecule has 76 valence electrons. The average Bonchev–Trinajstić information content (AvgIpc) is 2.06. The number of hydrogen-bond acceptors (Lipinski definition) is 1. The van der Waals surface area contributed by atoms with Crippen molar-refractivity contribution < 1.29 is 4.39 Å². The molecular formula is C11H13BrFN. The smallest absolute Gasteiger partial charge is 0.128 e. The molecule has 0 amide bonds. The highest BCUT2D eigenvalue weighted by Crippen LogP contribution is 2.37. The van der Waals surface area contributed by atoms with E-state index < -0.39 is 0 Å². The number of benzene rings is 1. The van der Waals surface area contributed by atoms with Crippen LogP contribution in [0, 0.1) is 11.7 Å². The van der Waals surface area contributed by atoms with Crippen LogP contribution < -0.4 is 5.73 Å². The molecule has 0 unspecified atom stereocenters. The van der Waals surface area contributed by atoms with Crippen molar-refractivity contribution in [3.63, 3.8) is 0 Å². The van der Waals surface area contributed by atoms with Crippen LogP contribution in [0.2, 0.25) is 0 Å². The second-order valence-corrected chi connectivity index (χ2v) is 4.80. The summed E-state index contributed by atoms with van der Waals surface area (Å²) in [5, 5.41) is 0. The lowest BCUT2D eigenvalue weighted by Crippen LogP contribution is -2.27. The molecule has 3 heteroatoms. The molecule has 0 radical (unpaired) electrons. The monoisotopic (exact) mass is 257 g/mol. The SMILES string of the molecule is N[C@@H](c1cc(Br)ccc1F)C1CCC1. The summed E-state index contributed by atoms with van der Waals surface area (Å²) in [6, 6.07) is 4.82. The topological polar surface area (TPSA) is 26.0 Å². The summed E-state index contributed by atoms with van der Waals surface area (Å²) in [5.74, 6) is 0.284. The minimum atomic E-state index is -0.187. The van der Waals surface area contributed by atoms with Crippen LogP contribution >= 0.6 is 15.9 Å². The van der Waals surface area contributed by atoms with Gasteiger partial charge in [-0.25, -0.2) is 4.39 Å². The van der Waals surface area contributed by atoms with E-state index in [1.807, 2.05) is 0 Å². The zero-order chi connectivity index (χ0) is 10.1. The third-order valence-electron chi connectivity index (χ3n) is 2.97. The summed E-state index contributed by atoms with van der Waals surface area (Å²) in [6.07, 6.45) is 3.49. The Kier molecular flexibility index (Phi) is 2.88. The van der Waals surface area contributed by atoms with Gasteiger partial charge in [-0.2, -0.15) is 0 Å². The fourth-order valence-electron chi connectivity index (χ4n) is 1.82. The second-order valence-electron chi connectivity index (χ2n) is 3.88. The van der Waals surface area contributed by atoms with Crippen molar-refractivity contribution in [3.8, 4) is 0 Å². The highest BCUT2D eigenvalue weighted by atomic mass is 79.9. The van der Waals surface area contributed by atoms with E-state index in [4.69, 9.17) is 5.73 Å². The maximum absolute atomic E-state index is 13.4. The third-order valence-corrected chi connectivity index (χ3v) is 3.47. The van der Waals surface area contributed by atoms with Crippen LogP contribution in [0.25, 0.3) is 0 Å². The van der Waals surface area contributed by atoms with Crippen molar-refractivity contribution in [3.05, 3.63) is 34.1 Å². The lowest BCUT2D eigenvalue weighted by atomic mass is 9.77. The summed E-state index contributed by atoms with van der Waals surface area (Å²) >= 11 is 3.33. The Labute approximate surface area is 91.6 Å². The van der Waals surface area contributed by atoms with Gasteiger partial charge >= 0.3 is 0 Å². The molecule has 2 N–H and O–H groups in total. The predicted molar refractivity (Wildman–Crippen MR) is 58.4 cm³/mol. The molecule has 1 aliphatic carbocycles.